The van der Waals surface area contributed by atoms with E-state index in [9.17, 15) is 14.0 Å². The first-order valence-electron chi connectivity index (χ1n) is 14.6. The fourth-order valence-electron chi connectivity index (χ4n) is 5.20. The van der Waals surface area contributed by atoms with Gasteiger partial charge >= 0.3 is 6.09 Å². The number of nitrogens with one attached hydrogen (secondary N) is 1. The number of nitrogens with zero attached hydrogens (tertiary/aromatic N) is 4. The summed E-state index contributed by atoms with van der Waals surface area (Å²) < 4.78 is 25.1. The number of carbonyl (C=O) groups excluding carboxylic acids is 2. The molecule has 3 heterocycles. The molecule has 0 spiro atoms. The smallest absolute Gasteiger partial charge is 0.410 e. The van der Waals surface area contributed by atoms with Crippen molar-refractivity contribution >= 4 is 28.6 Å². The van der Waals surface area contributed by atoms with Crippen LogP contribution in [0.5, 0.6) is 0 Å². The van der Waals surface area contributed by atoms with Gasteiger partial charge in [0.2, 0.25) is 5.91 Å². The van der Waals surface area contributed by atoms with Gasteiger partial charge < -0.3 is 19.7 Å². The van der Waals surface area contributed by atoms with Crippen LogP contribution < -0.4 is 5.32 Å². The highest BCUT2D eigenvalue weighted by atomic mass is 19.1. The highest BCUT2D eigenvalue weighted by molar-refractivity contribution is 6.02. The van der Waals surface area contributed by atoms with Crippen molar-refractivity contribution in [2.45, 2.75) is 39.3 Å². The predicted octanol–water partition coefficient (Wildman–Crippen LogP) is 4.75. The van der Waals surface area contributed by atoms with Crippen LogP contribution in [0.15, 0.2) is 48.5 Å². The molecule has 2 aliphatic heterocycles. The van der Waals surface area contributed by atoms with E-state index in [1.165, 1.54) is 17.7 Å². The lowest BCUT2D eigenvalue weighted by Gasteiger charge is -2.35. The van der Waals surface area contributed by atoms with E-state index in [0.29, 0.717) is 55.0 Å². The fourth-order valence-corrected chi connectivity index (χ4v) is 5.20. The second-order valence-corrected chi connectivity index (χ2v) is 11.9. The lowest BCUT2D eigenvalue weighted by atomic mass is 10.1. The van der Waals surface area contributed by atoms with Gasteiger partial charge in [0.15, 0.2) is 0 Å². The van der Waals surface area contributed by atoms with E-state index in [2.05, 4.69) is 27.2 Å². The standard InChI is InChI=1S/C32H40FN5O4/c1-32(2,3)42-31(40)38-14-12-36(13-15-38)11-10-30(39)35-29-21-28(34-27-9-8-25(33)20-26(27)29)24-6-4-23(5-7-24)22-37-16-18-41-19-17-37/h4-9,20-21H,10-19,22H2,1-3H3,(H,34,35,39). The summed E-state index contributed by atoms with van der Waals surface area (Å²) >= 11 is 0. The number of piperazine rings is 1. The summed E-state index contributed by atoms with van der Waals surface area (Å²) in [5, 5.41) is 3.56. The van der Waals surface area contributed by atoms with Crippen LogP contribution in [0.1, 0.15) is 32.8 Å². The third-order valence-corrected chi connectivity index (χ3v) is 7.48. The van der Waals surface area contributed by atoms with Gasteiger partial charge in [0.05, 0.1) is 30.1 Å². The molecule has 0 bridgehead atoms. The van der Waals surface area contributed by atoms with Crippen LogP contribution in [0.3, 0.4) is 0 Å². The van der Waals surface area contributed by atoms with Gasteiger partial charge in [-0.2, -0.15) is 0 Å². The number of benzene rings is 2. The second-order valence-electron chi connectivity index (χ2n) is 11.9. The van der Waals surface area contributed by atoms with E-state index in [1.54, 1.807) is 11.0 Å². The van der Waals surface area contributed by atoms with Crippen molar-refractivity contribution in [3.05, 3.63) is 59.9 Å². The number of aromatic nitrogens is 1. The molecular formula is C32H40FN5O4. The largest absolute Gasteiger partial charge is 0.444 e. The Morgan fingerprint density at radius 3 is 2.36 bits per heavy atom. The highest BCUT2D eigenvalue weighted by Crippen LogP contribution is 2.29. The first-order chi connectivity index (χ1) is 20.1. The van der Waals surface area contributed by atoms with E-state index in [-0.39, 0.29) is 24.2 Å². The first-order valence-corrected chi connectivity index (χ1v) is 14.6. The minimum atomic E-state index is -0.529. The van der Waals surface area contributed by atoms with Crippen molar-refractivity contribution in [2.75, 3.05) is 64.3 Å². The van der Waals surface area contributed by atoms with Gasteiger partial charge in [0.1, 0.15) is 11.4 Å². The zero-order valence-electron chi connectivity index (χ0n) is 24.7. The quantitative estimate of drug-likeness (QED) is 0.434. The molecule has 42 heavy (non-hydrogen) atoms. The number of morpholine rings is 1. The van der Waals surface area contributed by atoms with Crippen molar-refractivity contribution in [1.29, 1.82) is 0 Å². The SMILES string of the molecule is CC(C)(C)OC(=O)N1CCN(CCC(=O)Nc2cc(-c3ccc(CN4CCOCC4)cc3)nc3ccc(F)cc23)CC1. The topological polar surface area (TPSA) is 87.2 Å². The third-order valence-electron chi connectivity index (χ3n) is 7.48. The van der Waals surface area contributed by atoms with E-state index in [4.69, 9.17) is 14.5 Å². The molecule has 0 atom stereocenters. The number of carbonyl (C=O) groups is 2. The predicted molar refractivity (Wildman–Crippen MR) is 161 cm³/mol. The van der Waals surface area contributed by atoms with Gasteiger partial charge in [-0.15, -0.1) is 0 Å². The van der Waals surface area contributed by atoms with Crippen molar-refractivity contribution in [3.63, 3.8) is 0 Å². The molecule has 1 N–H and O–H groups in total. The maximum absolute atomic E-state index is 14.2. The first kappa shape index (κ1) is 29.9. The number of anilines is 1. The summed E-state index contributed by atoms with van der Waals surface area (Å²) in [6.07, 6.45) is -0.0313. The van der Waals surface area contributed by atoms with E-state index in [0.717, 1.165) is 38.4 Å². The average Bonchev–Trinajstić information content (AvgIpc) is 2.96. The number of rotatable bonds is 7. The van der Waals surface area contributed by atoms with E-state index >= 15 is 0 Å². The normalized spacial score (nSPS) is 16.9. The Morgan fingerprint density at radius 1 is 0.952 bits per heavy atom. The molecule has 2 saturated heterocycles. The molecule has 2 aliphatic rings. The lowest BCUT2D eigenvalue weighted by molar-refractivity contribution is -0.116. The van der Waals surface area contributed by atoms with Gasteiger partial charge in [-0.05, 0) is 50.6 Å². The zero-order chi connectivity index (χ0) is 29.7. The van der Waals surface area contributed by atoms with Crippen LogP contribution in [0.2, 0.25) is 0 Å². The maximum atomic E-state index is 14.2. The second kappa shape index (κ2) is 13.1. The fraction of sp³-hybridized carbons (Fsp3) is 0.469. The van der Waals surface area contributed by atoms with Crippen molar-refractivity contribution in [1.82, 2.24) is 19.7 Å². The van der Waals surface area contributed by atoms with Gasteiger partial charge in [0, 0.05) is 69.7 Å². The van der Waals surface area contributed by atoms with Crippen molar-refractivity contribution in [3.8, 4) is 11.3 Å². The molecule has 9 nitrogen and oxygen atoms in total. The Morgan fingerprint density at radius 2 is 1.67 bits per heavy atom. The monoisotopic (exact) mass is 577 g/mol. The Balaban J connectivity index is 1.22. The molecule has 2 fully saturated rings. The molecule has 1 aromatic heterocycles. The van der Waals surface area contributed by atoms with Gasteiger partial charge in [0.25, 0.3) is 0 Å². The average molecular weight is 578 g/mol. The summed E-state index contributed by atoms with van der Waals surface area (Å²) in [6.45, 7) is 12.8. The summed E-state index contributed by atoms with van der Waals surface area (Å²) in [5.74, 6) is -0.545. The molecule has 2 aromatic carbocycles. The molecule has 2 amide bonds. The summed E-state index contributed by atoms with van der Waals surface area (Å²) in [5.41, 5.74) is 3.46. The highest BCUT2D eigenvalue weighted by Gasteiger charge is 2.26. The molecule has 0 radical (unpaired) electrons. The van der Waals surface area contributed by atoms with Crippen LogP contribution in [-0.2, 0) is 20.8 Å². The van der Waals surface area contributed by atoms with Crippen LogP contribution in [0, 0.1) is 5.82 Å². The van der Waals surface area contributed by atoms with Crippen molar-refractivity contribution < 1.29 is 23.5 Å². The molecular weight excluding hydrogens is 537 g/mol. The number of hydrogen-bond acceptors (Lipinski definition) is 7. The number of ether oxygens (including phenoxy) is 2. The van der Waals surface area contributed by atoms with Crippen LogP contribution in [0.4, 0.5) is 14.9 Å². The number of amides is 2. The summed E-state index contributed by atoms with van der Waals surface area (Å²) in [7, 11) is 0. The zero-order valence-corrected chi connectivity index (χ0v) is 24.7. The Bertz CT molecular complexity index is 1390. The number of halogens is 1. The molecule has 0 saturated carbocycles. The van der Waals surface area contributed by atoms with Gasteiger partial charge in [-0.25, -0.2) is 14.2 Å². The van der Waals surface area contributed by atoms with Crippen LogP contribution in [0.25, 0.3) is 22.2 Å². The third kappa shape index (κ3) is 8.02. The van der Waals surface area contributed by atoms with Gasteiger partial charge in [-0.3, -0.25) is 14.6 Å². The van der Waals surface area contributed by atoms with Crippen LogP contribution >= 0.6 is 0 Å². The number of fused-ring (bicyclic) bond motifs is 1. The molecule has 3 aromatic rings. The molecule has 0 aliphatic carbocycles. The number of pyridine rings is 1. The minimum absolute atomic E-state index is 0.159. The minimum Gasteiger partial charge on any atom is -0.444 e. The van der Waals surface area contributed by atoms with Crippen molar-refractivity contribution in [2.24, 2.45) is 0 Å². The summed E-state index contributed by atoms with van der Waals surface area (Å²) in [4.78, 5) is 36.4. The van der Waals surface area contributed by atoms with Gasteiger partial charge in [-0.1, -0.05) is 24.3 Å². The Hall–Kier alpha value is -3.60. The Labute approximate surface area is 246 Å². The molecule has 10 heteroatoms. The van der Waals surface area contributed by atoms with E-state index < -0.39 is 5.60 Å². The molecule has 224 valence electrons. The van der Waals surface area contributed by atoms with E-state index in [1.807, 2.05) is 39.0 Å². The van der Waals surface area contributed by atoms with Crippen LogP contribution in [-0.4, -0.2) is 96.3 Å². The Kier molecular flexibility index (Phi) is 9.35. The summed E-state index contributed by atoms with van der Waals surface area (Å²) in [6, 6.07) is 14.5. The lowest BCUT2D eigenvalue weighted by Crippen LogP contribution is -2.50. The molecule has 5 rings (SSSR count). The molecule has 0 unspecified atom stereocenters. The number of hydrogen-bond donors (Lipinski definition) is 1. The maximum Gasteiger partial charge on any atom is 0.410 e.